The molecule has 1 aromatic carbocycles. The second-order valence-electron chi connectivity index (χ2n) is 4.68. The minimum absolute atomic E-state index is 0.314. The van der Waals surface area contributed by atoms with E-state index in [0.717, 1.165) is 13.1 Å². The standard InChI is InChI=1S/C14H18BrFN4O/c1-3-20(4-2)8-12(17)13-18-14(21-19-13)9-5-6-11(16)10(15)7-9/h5-7,12H,3-4,8,17H2,1-2H3. The van der Waals surface area contributed by atoms with Gasteiger partial charge in [0.2, 0.25) is 0 Å². The van der Waals surface area contributed by atoms with Gasteiger partial charge >= 0.3 is 0 Å². The zero-order valence-corrected chi connectivity index (χ0v) is 13.6. The highest BCUT2D eigenvalue weighted by Crippen LogP contribution is 2.24. The van der Waals surface area contributed by atoms with Crippen LogP contribution >= 0.6 is 15.9 Å². The van der Waals surface area contributed by atoms with Crippen LogP contribution in [0.15, 0.2) is 27.2 Å². The van der Waals surface area contributed by atoms with E-state index in [0.29, 0.717) is 28.3 Å². The highest BCUT2D eigenvalue weighted by atomic mass is 79.9. The van der Waals surface area contributed by atoms with Crippen LogP contribution in [-0.2, 0) is 0 Å². The van der Waals surface area contributed by atoms with Crippen LogP contribution in [0.4, 0.5) is 4.39 Å². The smallest absolute Gasteiger partial charge is 0.258 e. The van der Waals surface area contributed by atoms with E-state index >= 15 is 0 Å². The van der Waals surface area contributed by atoms with Crippen LogP contribution in [-0.4, -0.2) is 34.7 Å². The number of rotatable bonds is 6. The maximum absolute atomic E-state index is 13.2. The highest BCUT2D eigenvalue weighted by Gasteiger charge is 2.17. The summed E-state index contributed by atoms with van der Waals surface area (Å²) < 4.78 is 18.8. The summed E-state index contributed by atoms with van der Waals surface area (Å²) in [5.74, 6) is 0.453. The second kappa shape index (κ2) is 7.11. The number of benzene rings is 1. The van der Waals surface area contributed by atoms with Crippen LogP contribution in [0.1, 0.15) is 25.7 Å². The Morgan fingerprint density at radius 1 is 1.38 bits per heavy atom. The Balaban J connectivity index is 2.15. The Hall–Kier alpha value is -1.31. The monoisotopic (exact) mass is 356 g/mol. The number of nitrogens with zero attached hydrogens (tertiary/aromatic N) is 3. The lowest BCUT2D eigenvalue weighted by Gasteiger charge is -2.20. The van der Waals surface area contributed by atoms with Gasteiger partial charge in [0.15, 0.2) is 5.82 Å². The largest absolute Gasteiger partial charge is 0.334 e. The third kappa shape index (κ3) is 3.87. The van der Waals surface area contributed by atoms with Crippen molar-refractivity contribution >= 4 is 15.9 Å². The first-order valence-electron chi connectivity index (χ1n) is 6.82. The summed E-state index contributed by atoms with van der Waals surface area (Å²) in [6.45, 7) is 6.65. The molecular formula is C14H18BrFN4O. The molecular weight excluding hydrogens is 339 g/mol. The Kier molecular flexibility index (Phi) is 5.44. The zero-order chi connectivity index (χ0) is 15.4. The van der Waals surface area contributed by atoms with Gasteiger partial charge in [-0.3, -0.25) is 0 Å². The molecule has 0 fully saturated rings. The second-order valence-corrected chi connectivity index (χ2v) is 5.53. The molecule has 1 aromatic heterocycles. The number of nitrogens with two attached hydrogens (primary N) is 1. The van der Waals surface area contributed by atoms with Crippen molar-refractivity contribution in [3.05, 3.63) is 34.3 Å². The van der Waals surface area contributed by atoms with Crippen molar-refractivity contribution in [2.24, 2.45) is 5.73 Å². The number of hydrogen-bond acceptors (Lipinski definition) is 5. The molecule has 1 unspecified atom stereocenters. The molecule has 2 N–H and O–H groups in total. The molecule has 0 saturated carbocycles. The van der Waals surface area contributed by atoms with Crippen molar-refractivity contribution < 1.29 is 8.91 Å². The molecule has 7 heteroatoms. The van der Waals surface area contributed by atoms with Crippen molar-refractivity contribution in [2.75, 3.05) is 19.6 Å². The van der Waals surface area contributed by atoms with Crippen LogP contribution in [0.2, 0.25) is 0 Å². The van der Waals surface area contributed by atoms with Crippen molar-refractivity contribution in [2.45, 2.75) is 19.9 Å². The molecule has 2 aromatic rings. The average Bonchev–Trinajstić information content (AvgIpc) is 2.97. The van der Waals surface area contributed by atoms with Gasteiger partial charge < -0.3 is 15.2 Å². The first-order valence-corrected chi connectivity index (χ1v) is 7.61. The van der Waals surface area contributed by atoms with Gasteiger partial charge in [0.05, 0.1) is 10.5 Å². The lowest BCUT2D eigenvalue weighted by Crippen LogP contribution is -2.32. The SMILES string of the molecule is CCN(CC)CC(N)c1noc(-c2ccc(F)c(Br)c2)n1. The molecule has 0 aliphatic rings. The minimum Gasteiger partial charge on any atom is -0.334 e. The first kappa shape index (κ1) is 16.1. The minimum atomic E-state index is -0.336. The molecule has 5 nitrogen and oxygen atoms in total. The number of likely N-dealkylation sites (N-methyl/N-ethyl adjacent to an activating group) is 1. The van der Waals surface area contributed by atoms with Crippen LogP contribution in [0.5, 0.6) is 0 Å². The Morgan fingerprint density at radius 2 is 2.10 bits per heavy atom. The molecule has 21 heavy (non-hydrogen) atoms. The molecule has 1 heterocycles. The van der Waals surface area contributed by atoms with Gasteiger partial charge in [-0.2, -0.15) is 4.98 Å². The van der Waals surface area contributed by atoms with E-state index in [9.17, 15) is 4.39 Å². The fourth-order valence-corrected chi connectivity index (χ4v) is 2.35. The predicted molar refractivity (Wildman–Crippen MR) is 82.1 cm³/mol. The molecule has 0 aliphatic carbocycles. The zero-order valence-electron chi connectivity index (χ0n) is 12.0. The molecule has 1 atom stereocenters. The number of halogens is 2. The third-order valence-corrected chi connectivity index (χ3v) is 3.90. The lowest BCUT2D eigenvalue weighted by molar-refractivity contribution is 0.278. The average molecular weight is 357 g/mol. The van der Waals surface area contributed by atoms with Gasteiger partial charge in [-0.25, -0.2) is 4.39 Å². The van der Waals surface area contributed by atoms with Gasteiger partial charge in [-0.1, -0.05) is 19.0 Å². The van der Waals surface area contributed by atoms with Crippen LogP contribution in [0, 0.1) is 5.82 Å². The van der Waals surface area contributed by atoms with Crippen LogP contribution in [0.25, 0.3) is 11.5 Å². The summed E-state index contributed by atoms with van der Waals surface area (Å²) in [6, 6.07) is 4.22. The quantitative estimate of drug-likeness (QED) is 0.861. The fraction of sp³-hybridized carbons (Fsp3) is 0.429. The van der Waals surface area contributed by atoms with E-state index in [2.05, 4.69) is 44.8 Å². The van der Waals surface area contributed by atoms with Gasteiger partial charge in [-0.15, -0.1) is 0 Å². The maximum Gasteiger partial charge on any atom is 0.258 e. The van der Waals surface area contributed by atoms with Gasteiger partial charge in [0, 0.05) is 12.1 Å². The van der Waals surface area contributed by atoms with E-state index in [1.807, 2.05) is 0 Å². The highest BCUT2D eigenvalue weighted by molar-refractivity contribution is 9.10. The normalized spacial score (nSPS) is 12.9. The lowest BCUT2D eigenvalue weighted by atomic mass is 10.2. The molecule has 2 rings (SSSR count). The van der Waals surface area contributed by atoms with E-state index in [1.54, 1.807) is 12.1 Å². The van der Waals surface area contributed by atoms with E-state index < -0.39 is 0 Å². The third-order valence-electron chi connectivity index (χ3n) is 3.29. The summed E-state index contributed by atoms with van der Waals surface area (Å²) in [5.41, 5.74) is 6.75. The summed E-state index contributed by atoms with van der Waals surface area (Å²) in [6.07, 6.45) is 0. The van der Waals surface area contributed by atoms with Crippen LogP contribution in [0.3, 0.4) is 0 Å². The summed E-state index contributed by atoms with van der Waals surface area (Å²) in [7, 11) is 0. The number of aromatic nitrogens is 2. The first-order chi connectivity index (χ1) is 10.0. The molecule has 0 radical (unpaired) electrons. The van der Waals surface area contributed by atoms with Crippen molar-refractivity contribution in [1.29, 1.82) is 0 Å². The number of hydrogen-bond donors (Lipinski definition) is 1. The fourth-order valence-electron chi connectivity index (χ4n) is 1.97. The van der Waals surface area contributed by atoms with E-state index in [-0.39, 0.29) is 11.9 Å². The Labute approximate surface area is 131 Å². The van der Waals surface area contributed by atoms with Gasteiger partial charge in [0.1, 0.15) is 5.82 Å². The predicted octanol–water partition coefficient (Wildman–Crippen LogP) is 2.98. The molecule has 0 amide bonds. The van der Waals surface area contributed by atoms with Gasteiger partial charge in [-0.05, 0) is 47.2 Å². The summed E-state index contributed by atoms with van der Waals surface area (Å²) in [5, 5.41) is 3.92. The Bertz CT molecular complexity index is 600. The van der Waals surface area contributed by atoms with E-state index in [1.165, 1.54) is 6.07 Å². The molecule has 114 valence electrons. The molecule has 0 saturated heterocycles. The Morgan fingerprint density at radius 3 is 2.71 bits per heavy atom. The molecule has 0 aliphatic heterocycles. The molecule has 0 spiro atoms. The summed E-state index contributed by atoms with van der Waals surface area (Å²) >= 11 is 3.13. The topological polar surface area (TPSA) is 68.2 Å². The van der Waals surface area contributed by atoms with E-state index in [4.69, 9.17) is 10.3 Å². The van der Waals surface area contributed by atoms with Crippen molar-refractivity contribution in [3.63, 3.8) is 0 Å². The van der Waals surface area contributed by atoms with Crippen molar-refractivity contribution in [3.8, 4) is 11.5 Å². The van der Waals surface area contributed by atoms with Crippen molar-refractivity contribution in [1.82, 2.24) is 15.0 Å². The summed E-state index contributed by atoms with van der Waals surface area (Å²) in [4.78, 5) is 6.49. The molecule has 0 bridgehead atoms. The van der Waals surface area contributed by atoms with Crippen LogP contribution < -0.4 is 5.73 Å². The maximum atomic E-state index is 13.2. The van der Waals surface area contributed by atoms with Gasteiger partial charge in [0.25, 0.3) is 5.89 Å².